The summed E-state index contributed by atoms with van der Waals surface area (Å²) in [6.07, 6.45) is 0. The SMILES string of the molecule is COC(=O)c1cc(C(=O)OC)cc(S(=O)(=O)NNC(=O)c2ccccc2)c1. The lowest BCUT2D eigenvalue weighted by atomic mass is 10.1. The zero-order valence-electron chi connectivity index (χ0n) is 14.4. The van der Waals surface area contributed by atoms with Gasteiger partial charge in [-0.2, -0.15) is 0 Å². The highest BCUT2D eigenvalue weighted by atomic mass is 32.2. The largest absolute Gasteiger partial charge is 0.465 e. The first-order valence-electron chi connectivity index (χ1n) is 7.47. The maximum absolute atomic E-state index is 12.5. The van der Waals surface area contributed by atoms with Gasteiger partial charge in [-0.15, -0.1) is 4.83 Å². The Bertz CT molecular complexity index is 938. The molecular weight excluding hydrogens is 376 g/mol. The maximum Gasteiger partial charge on any atom is 0.337 e. The molecule has 2 aromatic rings. The molecule has 0 aliphatic carbocycles. The van der Waals surface area contributed by atoms with E-state index in [0.29, 0.717) is 0 Å². The van der Waals surface area contributed by atoms with Crippen molar-refractivity contribution in [2.75, 3.05) is 14.2 Å². The van der Waals surface area contributed by atoms with Gasteiger partial charge in [0, 0.05) is 5.56 Å². The molecule has 0 aliphatic heterocycles. The third-order valence-corrected chi connectivity index (χ3v) is 4.62. The second kappa shape index (κ2) is 8.43. The van der Waals surface area contributed by atoms with Crippen molar-refractivity contribution in [2.45, 2.75) is 4.90 Å². The van der Waals surface area contributed by atoms with Gasteiger partial charge in [-0.25, -0.2) is 18.0 Å². The van der Waals surface area contributed by atoms with Crippen LogP contribution in [0.25, 0.3) is 0 Å². The monoisotopic (exact) mass is 392 g/mol. The first-order valence-corrected chi connectivity index (χ1v) is 8.95. The van der Waals surface area contributed by atoms with E-state index < -0.39 is 32.8 Å². The van der Waals surface area contributed by atoms with Crippen LogP contribution in [-0.2, 0) is 19.5 Å². The zero-order chi connectivity index (χ0) is 20.0. The molecule has 0 spiro atoms. The number of amides is 1. The fraction of sp³-hybridized carbons (Fsp3) is 0.118. The number of hydrogen-bond donors (Lipinski definition) is 2. The van der Waals surface area contributed by atoms with E-state index in [4.69, 9.17) is 0 Å². The van der Waals surface area contributed by atoms with Gasteiger partial charge in [0.05, 0.1) is 30.2 Å². The summed E-state index contributed by atoms with van der Waals surface area (Å²) in [7, 11) is -2.07. The number of methoxy groups -OCH3 is 2. The molecule has 142 valence electrons. The van der Waals surface area contributed by atoms with Crippen LogP contribution in [0.1, 0.15) is 31.1 Å². The molecule has 2 N–H and O–H groups in total. The molecule has 0 bridgehead atoms. The summed E-state index contributed by atoms with van der Waals surface area (Å²) in [5, 5.41) is 0. The van der Waals surface area contributed by atoms with Crippen molar-refractivity contribution in [3.8, 4) is 0 Å². The minimum absolute atomic E-state index is 0.171. The second-order valence-corrected chi connectivity index (χ2v) is 6.84. The number of benzene rings is 2. The lowest BCUT2D eigenvalue weighted by Crippen LogP contribution is -2.41. The van der Waals surface area contributed by atoms with Crippen LogP contribution in [0.15, 0.2) is 53.4 Å². The van der Waals surface area contributed by atoms with E-state index in [0.717, 1.165) is 32.4 Å². The van der Waals surface area contributed by atoms with E-state index in [9.17, 15) is 22.8 Å². The normalized spacial score (nSPS) is 10.7. The summed E-state index contributed by atoms with van der Waals surface area (Å²) in [6, 6.07) is 11.1. The van der Waals surface area contributed by atoms with Crippen LogP contribution in [0.4, 0.5) is 0 Å². The average Bonchev–Trinajstić information content (AvgIpc) is 2.71. The van der Waals surface area contributed by atoms with Gasteiger partial charge in [-0.05, 0) is 30.3 Å². The third-order valence-electron chi connectivity index (χ3n) is 3.39. The van der Waals surface area contributed by atoms with Gasteiger partial charge in [0.1, 0.15) is 0 Å². The van der Waals surface area contributed by atoms with E-state index in [1.54, 1.807) is 18.2 Å². The van der Waals surface area contributed by atoms with Gasteiger partial charge in [-0.1, -0.05) is 18.2 Å². The van der Waals surface area contributed by atoms with Crippen LogP contribution in [0.3, 0.4) is 0 Å². The Balaban J connectivity index is 2.32. The Morgan fingerprint density at radius 2 is 1.33 bits per heavy atom. The Hall–Kier alpha value is -3.24. The lowest BCUT2D eigenvalue weighted by molar-refractivity contribution is 0.0598. The summed E-state index contributed by atoms with van der Waals surface area (Å²) in [4.78, 5) is 37.0. The van der Waals surface area contributed by atoms with Crippen LogP contribution in [0.2, 0.25) is 0 Å². The predicted molar refractivity (Wildman–Crippen MR) is 93.4 cm³/mol. The molecule has 0 radical (unpaired) electrons. The molecule has 2 rings (SSSR count). The summed E-state index contributed by atoms with van der Waals surface area (Å²) in [6.45, 7) is 0. The summed E-state index contributed by atoms with van der Waals surface area (Å²) in [5.74, 6) is -2.37. The minimum atomic E-state index is -4.29. The smallest absolute Gasteiger partial charge is 0.337 e. The molecular formula is C17H16N2O7S. The van der Waals surface area contributed by atoms with E-state index >= 15 is 0 Å². The van der Waals surface area contributed by atoms with Crippen molar-refractivity contribution in [1.82, 2.24) is 10.3 Å². The Morgan fingerprint density at radius 3 is 1.81 bits per heavy atom. The van der Waals surface area contributed by atoms with E-state index in [2.05, 4.69) is 14.9 Å². The van der Waals surface area contributed by atoms with Crippen LogP contribution >= 0.6 is 0 Å². The van der Waals surface area contributed by atoms with E-state index in [1.807, 2.05) is 4.83 Å². The predicted octanol–water partition coefficient (Wildman–Crippen LogP) is 0.883. The fourth-order valence-electron chi connectivity index (χ4n) is 2.06. The van der Waals surface area contributed by atoms with Crippen LogP contribution in [0.5, 0.6) is 0 Å². The van der Waals surface area contributed by atoms with Gasteiger partial charge in [0.2, 0.25) is 0 Å². The minimum Gasteiger partial charge on any atom is -0.465 e. The van der Waals surface area contributed by atoms with Gasteiger partial charge >= 0.3 is 11.9 Å². The Morgan fingerprint density at radius 1 is 0.815 bits per heavy atom. The number of ether oxygens (including phenoxy) is 2. The van der Waals surface area contributed by atoms with Crippen LogP contribution < -0.4 is 10.3 Å². The summed E-state index contributed by atoms with van der Waals surface area (Å²) in [5.41, 5.74) is 1.95. The molecule has 0 fully saturated rings. The molecule has 9 nitrogen and oxygen atoms in total. The summed E-state index contributed by atoms with van der Waals surface area (Å²) >= 11 is 0. The van der Waals surface area contributed by atoms with Crippen molar-refractivity contribution in [3.63, 3.8) is 0 Å². The van der Waals surface area contributed by atoms with Crippen molar-refractivity contribution >= 4 is 27.9 Å². The van der Waals surface area contributed by atoms with Crippen LogP contribution in [-0.4, -0.2) is 40.5 Å². The molecule has 0 unspecified atom stereocenters. The molecule has 0 aromatic heterocycles. The van der Waals surface area contributed by atoms with Crippen molar-refractivity contribution < 1.29 is 32.3 Å². The number of hydrogen-bond acceptors (Lipinski definition) is 7. The molecule has 0 aliphatic rings. The van der Waals surface area contributed by atoms with Crippen molar-refractivity contribution in [3.05, 3.63) is 65.2 Å². The topological polar surface area (TPSA) is 128 Å². The molecule has 2 aromatic carbocycles. The fourth-order valence-corrected chi connectivity index (χ4v) is 2.97. The molecule has 0 saturated heterocycles. The highest BCUT2D eigenvalue weighted by Crippen LogP contribution is 2.17. The Kier molecular flexibility index (Phi) is 6.27. The zero-order valence-corrected chi connectivity index (χ0v) is 15.2. The quantitative estimate of drug-likeness (QED) is 0.552. The third kappa shape index (κ3) is 4.90. The van der Waals surface area contributed by atoms with Gasteiger partial charge < -0.3 is 9.47 Å². The summed E-state index contributed by atoms with van der Waals surface area (Å²) < 4.78 is 34.0. The highest BCUT2D eigenvalue weighted by Gasteiger charge is 2.21. The average molecular weight is 392 g/mol. The van der Waals surface area contributed by atoms with Crippen molar-refractivity contribution in [2.24, 2.45) is 0 Å². The standard InChI is InChI=1S/C17H16N2O7S/c1-25-16(21)12-8-13(17(22)26-2)10-14(9-12)27(23,24)19-18-15(20)11-6-4-3-5-7-11/h3-10,19H,1-2H3,(H,18,20). The molecule has 0 atom stereocenters. The van der Waals surface area contributed by atoms with Crippen LogP contribution in [0, 0.1) is 0 Å². The number of esters is 2. The first-order chi connectivity index (χ1) is 12.8. The van der Waals surface area contributed by atoms with Crippen molar-refractivity contribution in [1.29, 1.82) is 0 Å². The van der Waals surface area contributed by atoms with Gasteiger partial charge in [0.25, 0.3) is 15.9 Å². The highest BCUT2D eigenvalue weighted by molar-refractivity contribution is 7.89. The number of nitrogens with one attached hydrogen (secondary N) is 2. The molecule has 0 heterocycles. The lowest BCUT2D eigenvalue weighted by Gasteiger charge is -2.11. The Labute approximate surface area is 155 Å². The molecule has 27 heavy (non-hydrogen) atoms. The molecule has 10 heteroatoms. The first kappa shape index (κ1) is 20.1. The second-order valence-electron chi connectivity index (χ2n) is 5.15. The number of carbonyl (C=O) groups excluding carboxylic acids is 3. The van der Waals surface area contributed by atoms with E-state index in [-0.39, 0.29) is 16.7 Å². The maximum atomic E-state index is 12.5. The number of carbonyl (C=O) groups is 3. The molecule has 0 saturated carbocycles. The molecule has 1 amide bonds. The number of sulfonamides is 1. The van der Waals surface area contributed by atoms with E-state index in [1.165, 1.54) is 12.1 Å². The number of hydrazine groups is 1. The van der Waals surface area contributed by atoms with Gasteiger partial charge in [-0.3, -0.25) is 10.2 Å². The van der Waals surface area contributed by atoms with Gasteiger partial charge in [0.15, 0.2) is 0 Å². The number of rotatable bonds is 6.